The summed E-state index contributed by atoms with van der Waals surface area (Å²) in [5.41, 5.74) is 0.255. The minimum Gasteiger partial charge on any atom is -0.326 e. The van der Waals surface area contributed by atoms with Crippen LogP contribution in [0.5, 0.6) is 0 Å². The third-order valence-electron chi connectivity index (χ3n) is 5.83. The zero-order chi connectivity index (χ0) is 17.3. The Balaban J connectivity index is 1.77. The molecule has 1 aromatic rings. The van der Waals surface area contributed by atoms with Crippen LogP contribution in [0.3, 0.4) is 0 Å². The van der Waals surface area contributed by atoms with Crippen LogP contribution in [0, 0.1) is 0 Å². The van der Waals surface area contributed by atoms with Crippen LogP contribution in [0.4, 0.5) is 13.2 Å². The van der Waals surface area contributed by atoms with Gasteiger partial charge in [-0.25, -0.2) is 0 Å². The van der Waals surface area contributed by atoms with Crippen molar-refractivity contribution in [2.75, 3.05) is 40.0 Å². The lowest BCUT2D eigenvalue weighted by molar-refractivity contribution is -0.957. The number of aryl methyl sites for hydroxylation is 1. The third-order valence-corrected chi connectivity index (χ3v) is 5.83. The van der Waals surface area contributed by atoms with Crippen molar-refractivity contribution >= 4 is 0 Å². The first-order chi connectivity index (χ1) is 11.3. The Morgan fingerprint density at radius 1 is 1.33 bits per heavy atom. The Labute approximate surface area is 141 Å². The van der Waals surface area contributed by atoms with Crippen molar-refractivity contribution in [3.63, 3.8) is 0 Å². The fraction of sp³-hybridized carbons (Fsp3) is 0.667. The monoisotopic (exact) mass is 343 g/mol. The maximum absolute atomic E-state index is 12.9. The van der Waals surface area contributed by atoms with Crippen LogP contribution in [0.2, 0.25) is 0 Å². The van der Waals surface area contributed by atoms with Crippen LogP contribution in [-0.4, -0.2) is 50.0 Å². The molecule has 0 saturated carbocycles. The van der Waals surface area contributed by atoms with Crippen LogP contribution in [0.1, 0.15) is 30.4 Å². The number of nitrogens with zero attached hydrogens (tertiary/aromatic N) is 1. The summed E-state index contributed by atoms with van der Waals surface area (Å²) in [4.78, 5) is 0. The zero-order valence-electron chi connectivity index (χ0n) is 14.2. The zero-order valence-corrected chi connectivity index (χ0v) is 14.2. The molecule has 6 heteroatoms. The quantitative estimate of drug-likeness (QED) is 0.848. The Morgan fingerprint density at radius 2 is 2.17 bits per heavy atom. The molecule has 24 heavy (non-hydrogen) atoms. The molecular formula is C18H26F3N2O+. The Kier molecular flexibility index (Phi) is 4.91. The van der Waals surface area contributed by atoms with Gasteiger partial charge in [0.1, 0.15) is 18.7 Å². The molecule has 2 atom stereocenters. The van der Waals surface area contributed by atoms with E-state index in [-0.39, 0.29) is 5.54 Å². The predicted octanol–water partition coefficient (Wildman–Crippen LogP) is 3.19. The van der Waals surface area contributed by atoms with Gasteiger partial charge in [-0.3, -0.25) is 4.48 Å². The highest BCUT2D eigenvalue weighted by Gasteiger charge is 2.50. The van der Waals surface area contributed by atoms with Gasteiger partial charge < -0.3 is 10.1 Å². The molecule has 0 spiro atoms. The number of hydrogen-bond donors (Lipinski definition) is 1. The molecule has 2 aliphatic rings. The van der Waals surface area contributed by atoms with E-state index in [1.807, 2.05) is 0 Å². The standard InChI is InChI=1S/C18H26F3N2O/c1-23(10-11-24-14-23)17(7-3-9-22-13-17)8-6-15-4-2-5-16(12-15)18(19,20)21/h2,4-5,12,22H,3,6-11,13-14H2,1H3/q+1. The van der Waals surface area contributed by atoms with Gasteiger partial charge in [0.25, 0.3) is 0 Å². The van der Waals surface area contributed by atoms with Gasteiger partial charge in [-0.15, -0.1) is 0 Å². The van der Waals surface area contributed by atoms with Crippen molar-refractivity contribution in [1.29, 1.82) is 0 Å². The highest BCUT2D eigenvalue weighted by atomic mass is 19.4. The van der Waals surface area contributed by atoms with Gasteiger partial charge in [0.2, 0.25) is 0 Å². The smallest absolute Gasteiger partial charge is 0.326 e. The molecule has 2 unspecified atom stereocenters. The van der Waals surface area contributed by atoms with Crippen LogP contribution in [0.25, 0.3) is 0 Å². The Bertz CT molecular complexity index is 562. The number of halogens is 3. The number of alkyl halides is 3. The van der Waals surface area contributed by atoms with E-state index in [0.717, 1.165) is 61.6 Å². The number of hydrogen-bond acceptors (Lipinski definition) is 2. The number of likely N-dealkylation sites (N-methyl/N-ethyl adjacent to an activating group) is 1. The largest absolute Gasteiger partial charge is 0.416 e. The number of ether oxygens (including phenoxy) is 1. The van der Waals surface area contributed by atoms with Gasteiger partial charge in [-0.2, -0.15) is 13.2 Å². The third kappa shape index (κ3) is 3.46. The Morgan fingerprint density at radius 3 is 2.79 bits per heavy atom. The lowest BCUT2D eigenvalue weighted by Crippen LogP contribution is -2.66. The van der Waals surface area contributed by atoms with Gasteiger partial charge in [-0.05, 0) is 31.0 Å². The first kappa shape index (κ1) is 17.7. The van der Waals surface area contributed by atoms with Crippen molar-refractivity contribution in [2.45, 2.75) is 37.4 Å². The van der Waals surface area contributed by atoms with E-state index < -0.39 is 11.7 Å². The average Bonchev–Trinajstić information content (AvgIpc) is 3.02. The summed E-state index contributed by atoms with van der Waals surface area (Å²) in [5, 5.41) is 3.50. The second-order valence-corrected chi connectivity index (χ2v) is 7.36. The summed E-state index contributed by atoms with van der Waals surface area (Å²) < 4.78 is 45.3. The van der Waals surface area contributed by atoms with Crippen molar-refractivity contribution in [2.24, 2.45) is 0 Å². The summed E-state index contributed by atoms with van der Waals surface area (Å²) in [6.45, 7) is 4.37. The molecule has 2 saturated heterocycles. The maximum atomic E-state index is 12.9. The fourth-order valence-electron chi connectivity index (χ4n) is 4.15. The molecule has 0 bridgehead atoms. The summed E-state index contributed by atoms with van der Waals surface area (Å²) in [6.07, 6.45) is -0.530. The van der Waals surface area contributed by atoms with Gasteiger partial charge in [0.15, 0.2) is 6.73 Å². The molecule has 134 valence electrons. The molecule has 2 heterocycles. The fourth-order valence-corrected chi connectivity index (χ4v) is 4.15. The molecule has 1 aromatic carbocycles. The summed E-state index contributed by atoms with van der Waals surface area (Å²) in [7, 11) is 2.23. The average molecular weight is 343 g/mol. The molecule has 3 nitrogen and oxygen atoms in total. The minimum absolute atomic E-state index is 0.0446. The van der Waals surface area contributed by atoms with Crippen LogP contribution < -0.4 is 5.32 Å². The van der Waals surface area contributed by atoms with Crippen molar-refractivity contribution in [3.05, 3.63) is 35.4 Å². The van der Waals surface area contributed by atoms with Gasteiger partial charge in [0.05, 0.1) is 19.2 Å². The number of quaternary nitrogens is 1. The van der Waals surface area contributed by atoms with Gasteiger partial charge >= 0.3 is 6.18 Å². The number of benzene rings is 1. The lowest BCUT2D eigenvalue weighted by atomic mass is 9.81. The normalized spacial score (nSPS) is 31.3. The second kappa shape index (κ2) is 6.65. The first-order valence-corrected chi connectivity index (χ1v) is 8.64. The van der Waals surface area contributed by atoms with E-state index in [0.29, 0.717) is 13.2 Å². The molecule has 3 rings (SSSR count). The van der Waals surface area contributed by atoms with E-state index in [2.05, 4.69) is 12.4 Å². The second-order valence-electron chi connectivity index (χ2n) is 7.36. The van der Waals surface area contributed by atoms with Crippen LogP contribution in [-0.2, 0) is 17.3 Å². The SMILES string of the molecule is C[N+]1(C2(CCc3cccc(C(F)(F)F)c3)CCCNC2)CCOC1. The molecule has 2 aliphatic heterocycles. The molecule has 1 N–H and O–H groups in total. The van der Waals surface area contributed by atoms with Crippen molar-refractivity contribution in [3.8, 4) is 0 Å². The molecular weight excluding hydrogens is 317 g/mol. The van der Waals surface area contributed by atoms with E-state index >= 15 is 0 Å². The van der Waals surface area contributed by atoms with Crippen LogP contribution >= 0.6 is 0 Å². The predicted molar refractivity (Wildman–Crippen MR) is 86.5 cm³/mol. The molecule has 0 aromatic heterocycles. The minimum atomic E-state index is -4.28. The molecule has 0 aliphatic carbocycles. The molecule has 0 radical (unpaired) electrons. The number of piperidine rings is 1. The van der Waals surface area contributed by atoms with E-state index in [1.165, 1.54) is 12.1 Å². The first-order valence-electron chi connectivity index (χ1n) is 8.64. The van der Waals surface area contributed by atoms with E-state index in [1.54, 1.807) is 6.07 Å². The van der Waals surface area contributed by atoms with Crippen molar-refractivity contribution in [1.82, 2.24) is 5.32 Å². The number of rotatable bonds is 4. The van der Waals surface area contributed by atoms with Crippen LogP contribution in [0.15, 0.2) is 24.3 Å². The van der Waals surface area contributed by atoms with Gasteiger partial charge in [0, 0.05) is 12.8 Å². The molecule has 0 amide bonds. The lowest BCUT2D eigenvalue weighted by Gasteiger charge is -2.50. The van der Waals surface area contributed by atoms with E-state index in [4.69, 9.17) is 4.74 Å². The highest BCUT2D eigenvalue weighted by molar-refractivity contribution is 5.26. The number of nitrogens with one attached hydrogen (secondary N) is 1. The molecule has 2 fully saturated rings. The van der Waals surface area contributed by atoms with E-state index in [9.17, 15) is 13.2 Å². The van der Waals surface area contributed by atoms with Gasteiger partial charge in [-0.1, -0.05) is 18.2 Å². The summed E-state index contributed by atoms with van der Waals surface area (Å²) in [6, 6.07) is 5.76. The highest BCUT2D eigenvalue weighted by Crippen LogP contribution is 2.37. The topological polar surface area (TPSA) is 21.3 Å². The Hall–Kier alpha value is -1.11. The maximum Gasteiger partial charge on any atom is 0.416 e. The summed E-state index contributed by atoms with van der Waals surface area (Å²) >= 11 is 0. The summed E-state index contributed by atoms with van der Waals surface area (Å²) in [5.74, 6) is 0. The van der Waals surface area contributed by atoms with Crippen molar-refractivity contribution < 1.29 is 22.4 Å².